The van der Waals surface area contributed by atoms with Crippen molar-refractivity contribution in [2.24, 2.45) is 0 Å². The van der Waals surface area contributed by atoms with Gasteiger partial charge in [0.05, 0.1) is 12.0 Å². The summed E-state index contributed by atoms with van der Waals surface area (Å²) in [6.07, 6.45) is 4.53. The van der Waals surface area contributed by atoms with E-state index in [0.29, 0.717) is 17.8 Å². The molecule has 0 spiro atoms. The van der Waals surface area contributed by atoms with Crippen molar-refractivity contribution in [3.63, 3.8) is 0 Å². The zero-order valence-corrected chi connectivity index (χ0v) is 16.2. The summed E-state index contributed by atoms with van der Waals surface area (Å²) < 4.78 is 6.76. The second kappa shape index (κ2) is 8.44. The Kier molecular flexibility index (Phi) is 5.38. The number of rotatable bonds is 6. The molecule has 0 radical (unpaired) electrons. The number of furan rings is 1. The van der Waals surface area contributed by atoms with Crippen molar-refractivity contribution in [3.8, 4) is 5.69 Å². The van der Waals surface area contributed by atoms with Gasteiger partial charge in [0.2, 0.25) is 0 Å². The molecule has 0 atom stereocenters. The van der Waals surface area contributed by atoms with Gasteiger partial charge in [-0.2, -0.15) is 5.10 Å². The number of benzene rings is 2. The molecule has 30 heavy (non-hydrogen) atoms. The molecular weight excluding hydrogens is 382 g/mol. The maximum atomic E-state index is 12.6. The summed E-state index contributed by atoms with van der Waals surface area (Å²) in [5, 5.41) is 9.75. The van der Waals surface area contributed by atoms with E-state index in [1.807, 2.05) is 31.2 Å². The molecule has 0 aliphatic carbocycles. The average molecular weight is 401 g/mol. The number of aromatic nitrogens is 3. The summed E-state index contributed by atoms with van der Waals surface area (Å²) in [4.78, 5) is 28.7. The lowest BCUT2D eigenvalue weighted by Gasteiger charge is -2.11. The Morgan fingerprint density at radius 2 is 1.90 bits per heavy atom. The topological polar surface area (TPSA) is 102 Å². The molecule has 2 N–H and O–H groups in total. The zero-order valence-electron chi connectivity index (χ0n) is 16.2. The lowest BCUT2D eigenvalue weighted by atomic mass is 10.1. The first-order chi connectivity index (χ1) is 14.6. The van der Waals surface area contributed by atoms with Crippen LogP contribution in [0.25, 0.3) is 5.69 Å². The number of nitrogens with one attached hydrogen (secondary N) is 2. The van der Waals surface area contributed by atoms with E-state index in [4.69, 9.17) is 4.42 Å². The Hall–Kier alpha value is -4.20. The first-order valence-corrected chi connectivity index (χ1v) is 9.28. The molecule has 0 aliphatic heterocycles. The normalized spacial score (nSPS) is 10.6. The molecule has 2 amide bonds. The summed E-state index contributed by atoms with van der Waals surface area (Å²) >= 11 is 0. The van der Waals surface area contributed by atoms with Gasteiger partial charge in [0.1, 0.15) is 12.7 Å². The fourth-order valence-electron chi connectivity index (χ4n) is 2.88. The van der Waals surface area contributed by atoms with Crippen molar-refractivity contribution in [1.29, 1.82) is 0 Å². The van der Waals surface area contributed by atoms with Crippen LogP contribution in [0.5, 0.6) is 0 Å². The minimum Gasteiger partial charge on any atom is -0.459 e. The monoisotopic (exact) mass is 401 g/mol. The van der Waals surface area contributed by atoms with Crippen LogP contribution in [-0.2, 0) is 6.54 Å². The molecule has 0 saturated carbocycles. The Balaban J connectivity index is 1.40. The summed E-state index contributed by atoms with van der Waals surface area (Å²) in [7, 11) is 0. The van der Waals surface area contributed by atoms with Gasteiger partial charge in [0, 0.05) is 17.8 Å². The highest BCUT2D eigenvalue weighted by Gasteiger charge is 2.13. The van der Waals surface area contributed by atoms with Gasteiger partial charge in [0.25, 0.3) is 11.8 Å². The third-order valence-electron chi connectivity index (χ3n) is 4.57. The lowest BCUT2D eigenvalue weighted by Crippen LogP contribution is -2.23. The van der Waals surface area contributed by atoms with Crippen LogP contribution in [0.1, 0.15) is 32.0 Å². The molecule has 0 fully saturated rings. The Morgan fingerprint density at radius 1 is 1.07 bits per heavy atom. The van der Waals surface area contributed by atoms with E-state index in [1.54, 1.807) is 41.3 Å². The molecule has 8 heteroatoms. The molecule has 0 bridgehead atoms. The molecular formula is C22H19N5O3. The van der Waals surface area contributed by atoms with Crippen molar-refractivity contribution in [1.82, 2.24) is 20.1 Å². The standard InChI is InChI=1S/C22H19N5O3/c1-15-4-7-17(11-19(15)26-22(29)20-3-2-10-30-20)21(28)24-12-16-5-8-18(9-6-16)27-14-23-13-25-27/h2-11,13-14H,12H2,1H3,(H,24,28)(H,26,29). The van der Waals surface area contributed by atoms with Crippen molar-refractivity contribution < 1.29 is 14.0 Å². The van der Waals surface area contributed by atoms with Gasteiger partial charge in [-0.3, -0.25) is 9.59 Å². The minimum absolute atomic E-state index is 0.207. The zero-order chi connectivity index (χ0) is 20.9. The second-order valence-electron chi connectivity index (χ2n) is 6.65. The van der Waals surface area contributed by atoms with Gasteiger partial charge in [-0.05, 0) is 54.4 Å². The van der Waals surface area contributed by atoms with Crippen LogP contribution in [0.2, 0.25) is 0 Å². The molecule has 8 nitrogen and oxygen atoms in total. The van der Waals surface area contributed by atoms with E-state index in [0.717, 1.165) is 16.8 Å². The van der Waals surface area contributed by atoms with Crippen LogP contribution < -0.4 is 10.6 Å². The Bertz CT molecular complexity index is 1150. The minimum atomic E-state index is -0.367. The molecule has 0 unspecified atom stereocenters. The van der Waals surface area contributed by atoms with E-state index < -0.39 is 0 Å². The highest BCUT2D eigenvalue weighted by molar-refractivity contribution is 6.03. The van der Waals surface area contributed by atoms with E-state index in [1.165, 1.54) is 12.6 Å². The Labute approximate surface area is 172 Å². The van der Waals surface area contributed by atoms with E-state index in [2.05, 4.69) is 20.7 Å². The van der Waals surface area contributed by atoms with Crippen LogP contribution in [-0.4, -0.2) is 26.6 Å². The average Bonchev–Trinajstić information content (AvgIpc) is 3.48. The molecule has 0 saturated heterocycles. The van der Waals surface area contributed by atoms with Crippen LogP contribution in [0, 0.1) is 6.92 Å². The second-order valence-corrected chi connectivity index (χ2v) is 6.65. The number of hydrogen-bond donors (Lipinski definition) is 2. The third kappa shape index (κ3) is 4.27. The van der Waals surface area contributed by atoms with Gasteiger partial charge in [-0.1, -0.05) is 18.2 Å². The molecule has 2 aromatic carbocycles. The number of carbonyl (C=O) groups is 2. The molecule has 0 aliphatic rings. The summed E-state index contributed by atoms with van der Waals surface area (Å²) in [5.74, 6) is -0.393. The maximum absolute atomic E-state index is 12.6. The van der Waals surface area contributed by atoms with Crippen LogP contribution in [0.15, 0.2) is 77.9 Å². The summed E-state index contributed by atoms with van der Waals surface area (Å²) in [6, 6.07) is 16.0. The number of hydrogen-bond acceptors (Lipinski definition) is 5. The summed E-state index contributed by atoms with van der Waals surface area (Å²) in [5.41, 5.74) is 3.69. The molecule has 150 valence electrons. The largest absolute Gasteiger partial charge is 0.459 e. The number of carbonyl (C=O) groups excluding carboxylic acids is 2. The quantitative estimate of drug-likeness (QED) is 0.516. The Morgan fingerprint density at radius 3 is 2.60 bits per heavy atom. The van der Waals surface area contributed by atoms with Crippen molar-refractivity contribution in [2.75, 3.05) is 5.32 Å². The molecule has 2 heterocycles. The third-order valence-corrected chi connectivity index (χ3v) is 4.57. The lowest BCUT2D eigenvalue weighted by molar-refractivity contribution is 0.0949. The van der Waals surface area contributed by atoms with Crippen LogP contribution >= 0.6 is 0 Å². The van der Waals surface area contributed by atoms with E-state index in [9.17, 15) is 9.59 Å². The van der Waals surface area contributed by atoms with Crippen molar-refractivity contribution in [2.45, 2.75) is 13.5 Å². The number of anilines is 1. The number of nitrogens with zero attached hydrogens (tertiary/aromatic N) is 3. The predicted octanol–water partition coefficient (Wildman–Crippen LogP) is 3.35. The van der Waals surface area contributed by atoms with Gasteiger partial charge in [0.15, 0.2) is 5.76 Å². The van der Waals surface area contributed by atoms with Crippen molar-refractivity contribution in [3.05, 3.63) is 96.0 Å². The fourth-order valence-corrected chi connectivity index (χ4v) is 2.88. The number of aryl methyl sites for hydroxylation is 1. The molecule has 4 aromatic rings. The fraction of sp³-hybridized carbons (Fsp3) is 0.0909. The highest BCUT2D eigenvalue weighted by Crippen LogP contribution is 2.18. The van der Waals surface area contributed by atoms with E-state index >= 15 is 0 Å². The molecule has 2 aromatic heterocycles. The van der Waals surface area contributed by atoms with Crippen molar-refractivity contribution >= 4 is 17.5 Å². The predicted molar refractivity (Wildman–Crippen MR) is 110 cm³/mol. The SMILES string of the molecule is Cc1ccc(C(=O)NCc2ccc(-n3cncn3)cc2)cc1NC(=O)c1ccco1. The van der Waals surface area contributed by atoms with Gasteiger partial charge in [-0.25, -0.2) is 9.67 Å². The summed E-state index contributed by atoms with van der Waals surface area (Å²) in [6.45, 7) is 2.23. The highest BCUT2D eigenvalue weighted by atomic mass is 16.3. The van der Waals surface area contributed by atoms with Crippen LogP contribution in [0.3, 0.4) is 0 Å². The maximum Gasteiger partial charge on any atom is 0.291 e. The molecule has 4 rings (SSSR count). The number of amides is 2. The smallest absolute Gasteiger partial charge is 0.291 e. The van der Waals surface area contributed by atoms with Gasteiger partial charge in [-0.15, -0.1) is 0 Å². The van der Waals surface area contributed by atoms with Crippen LogP contribution in [0.4, 0.5) is 5.69 Å². The van der Waals surface area contributed by atoms with Gasteiger partial charge < -0.3 is 15.1 Å². The van der Waals surface area contributed by atoms with Gasteiger partial charge >= 0.3 is 0 Å². The van der Waals surface area contributed by atoms with E-state index in [-0.39, 0.29) is 17.6 Å². The first kappa shape index (κ1) is 19.1. The first-order valence-electron chi connectivity index (χ1n) is 9.28.